The van der Waals surface area contributed by atoms with Gasteiger partial charge in [-0.05, 0) is 48.2 Å². The van der Waals surface area contributed by atoms with Crippen molar-refractivity contribution in [2.24, 2.45) is 5.92 Å². The van der Waals surface area contributed by atoms with Crippen molar-refractivity contribution in [3.05, 3.63) is 99.5 Å². The van der Waals surface area contributed by atoms with Crippen molar-refractivity contribution in [1.82, 2.24) is 10.4 Å². The molecule has 3 amide bonds. The Hall–Kier alpha value is -3.98. The van der Waals surface area contributed by atoms with Crippen LogP contribution in [0.4, 0.5) is 5.69 Å². The zero-order chi connectivity index (χ0) is 27.2. The third-order valence-corrected chi connectivity index (χ3v) is 7.43. The van der Waals surface area contributed by atoms with Crippen LogP contribution in [0.1, 0.15) is 34.6 Å². The molecule has 1 fully saturated rings. The summed E-state index contributed by atoms with van der Waals surface area (Å²) < 4.78 is 6.12. The maximum Gasteiger partial charge on any atom is 0.311 e. The quantitative estimate of drug-likeness (QED) is 0.389. The fraction of sp³-hybridized carbons (Fsp3) is 0.241. The van der Waals surface area contributed by atoms with E-state index in [1.807, 2.05) is 80.6 Å². The number of anilines is 1. The summed E-state index contributed by atoms with van der Waals surface area (Å²) in [4.78, 5) is 50.9. The van der Waals surface area contributed by atoms with Crippen LogP contribution >= 0.6 is 15.9 Å². The summed E-state index contributed by atoms with van der Waals surface area (Å²) in [5.74, 6) is -3.36. The molecule has 8 nitrogen and oxygen atoms in total. The van der Waals surface area contributed by atoms with Crippen LogP contribution in [-0.4, -0.2) is 41.9 Å². The molecule has 1 heterocycles. The number of nitrogens with zero attached hydrogens (tertiary/aromatic N) is 1. The molecule has 0 unspecified atom stereocenters. The average molecular weight is 578 g/mol. The fourth-order valence-corrected chi connectivity index (χ4v) is 4.75. The van der Waals surface area contributed by atoms with Crippen LogP contribution in [0.5, 0.6) is 0 Å². The Labute approximate surface area is 229 Å². The van der Waals surface area contributed by atoms with Crippen LogP contribution in [0, 0.1) is 19.8 Å². The summed E-state index contributed by atoms with van der Waals surface area (Å²) in [5, 5.41) is 3.89. The number of amides is 3. The van der Waals surface area contributed by atoms with Gasteiger partial charge in [-0.1, -0.05) is 76.6 Å². The molecule has 3 aromatic rings. The van der Waals surface area contributed by atoms with Crippen molar-refractivity contribution in [2.75, 3.05) is 18.5 Å². The van der Waals surface area contributed by atoms with Crippen molar-refractivity contribution in [3.63, 3.8) is 0 Å². The summed E-state index contributed by atoms with van der Waals surface area (Å²) in [6.07, 6.45) is -0.118. The highest BCUT2D eigenvalue weighted by Crippen LogP contribution is 2.27. The third kappa shape index (κ3) is 6.28. The number of carbonyl (C=O) groups excluding carboxylic acids is 4. The van der Waals surface area contributed by atoms with Crippen molar-refractivity contribution < 1.29 is 23.9 Å². The molecule has 38 heavy (non-hydrogen) atoms. The average Bonchev–Trinajstić information content (AvgIpc) is 3.29. The number of halogens is 1. The van der Waals surface area contributed by atoms with Gasteiger partial charge in [0.1, 0.15) is 0 Å². The number of nitrogens with one attached hydrogen (secondary N) is 2. The first-order valence-corrected chi connectivity index (χ1v) is 13.0. The fourth-order valence-electron chi connectivity index (χ4n) is 4.32. The number of hydrazine groups is 1. The van der Waals surface area contributed by atoms with Gasteiger partial charge in [0.2, 0.25) is 5.91 Å². The molecular formula is C29H28BrN3O5. The van der Waals surface area contributed by atoms with Gasteiger partial charge in [0, 0.05) is 16.6 Å². The van der Waals surface area contributed by atoms with Crippen LogP contribution < -0.4 is 10.7 Å². The molecule has 0 saturated carbocycles. The molecule has 1 aliphatic rings. The summed E-state index contributed by atoms with van der Waals surface area (Å²) in [7, 11) is 0. The Kier molecular flexibility index (Phi) is 8.58. The number of esters is 1. The lowest BCUT2D eigenvalue weighted by atomic mass is 9.91. The first-order valence-electron chi connectivity index (χ1n) is 12.2. The topological polar surface area (TPSA) is 105 Å². The minimum absolute atomic E-state index is 0.0354. The Bertz CT molecular complexity index is 1310. The van der Waals surface area contributed by atoms with Crippen molar-refractivity contribution in [1.29, 1.82) is 0 Å². The van der Waals surface area contributed by atoms with Gasteiger partial charge >= 0.3 is 5.97 Å². The van der Waals surface area contributed by atoms with E-state index in [1.54, 1.807) is 6.07 Å². The molecule has 196 valence electrons. The molecule has 1 atom stereocenters. The van der Waals surface area contributed by atoms with Gasteiger partial charge < -0.3 is 10.1 Å². The van der Waals surface area contributed by atoms with Gasteiger partial charge in [-0.3, -0.25) is 29.6 Å². The van der Waals surface area contributed by atoms with E-state index in [-0.39, 0.29) is 18.9 Å². The highest BCUT2D eigenvalue weighted by atomic mass is 79.9. The zero-order valence-corrected chi connectivity index (χ0v) is 22.7. The van der Waals surface area contributed by atoms with E-state index in [9.17, 15) is 19.2 Å². The van der Waals surface area contributed by atoms with Crippen LogP contribution in [0.15, 0.2) is 77.3 Å². The molecule has 0 bridgehead atoms. The monoisotopic (exact) mass is 577 g/mol. The van der Waals surface area contributed by atoms with Crippen molar-refractivity contribution >= 4 is 45.3 Å². The Balaban J connectivity index is 1.34. The van der Waals surface area contributed by atoms with Crippen LogP contribution in [0.25, 0.3) is 0 Å². The van der Waals surface area contributed by atoms with Gasteiger partial charge in [0.05, 0.1) is 18.4 Å². The molecule has 2 N–H and O–H groups in total. The molecular weight excluding hydrogens is 550 g/mol. The van der Waals surface area contributed by atoms with Gasteiger partial charge in [0.25, 0.3) is 11.8 Å². The minimum atomic E-state index is -0.792. The van der Waals surface area contributed by atoms with Gasteiger partial charge in [-0.25, -0.2) is 0 Å². The van der Waals surface area contributed by atoms with E-state index < -0.39 is 36.2 Å². The van der Waals surface area contributed by atoms with E-state index >= 15 is 0 Å². The standard InChI is InChI=1S/C29H28BrN3O5/c1-18-19(2)24(14-13-23(18)30)31-25(34)17-38-29(37)22-15-26(35)33(16-22)32-28(36)27(20-9-5-3-6-10-20)21-11-7-4-8-12-21/h3-14,22,27H,15-17H2,1-2H3,(H,31,34)(H,32,36)/t22-/m1/s1. The smallest absolute Gasteiger partial charge is 0.311 e. The predicted octanol–water partition coefficient (Wildman–Crippen LogP) is 4.26. The van der Waals surface area contributed by atoms with E-state index in [0.29, 0.717) is 5.69 Å². The number of rotatable bonds is 8. The highest BCUT2D eigenvalue weighted by Gasteiger charge is 2.37. The molecule has 0 radical (unpaired) electrons. The molecule has 3 aromatic carbocycles. The number of ether oxygens (including phenoxy) is 1. The lowest BCUT2D eigenvalue weighted by Gasteiger charge is -2.23. The predicted molar refractivity (Wildman–Crippen MR) is 146 cm³/mol. The van der Waals surface area contributed by atoms with E-state index in [1.165, 1.54) is 0 Å². The Morgan fingerprint density at radius 1 is 0.947 bits per heavy atom. The summed E-state index contributed by atoms with van der Waals surface area (Å²) in [6, 6.07) is 22.1. The summed E-state index contributed by atoms with van der Waals surface area (Å²) in [6.45, 7) is 3.30. The van der Waals surface area contributed by atoms with Gasteiger partial charge in [0.15, 0.2) is 6.61 Å². The van der Waals surface area contributed by atoms with E-state index in [0.717, 1.165) is 31.7 Å². The number of benzene rings is 3. The number of hydrogen-bond donors (Lipinski definition) is 2. The lowest BCUT2D eigenvalue weighted by Crippen LogP contribution is -2.45. The summed E-state index contributed by atoms with van der Waals surface area (Å²) in [5.41, 5.74) is 6.76. The van der Waals surface area contributed by atoms with Gasteiger partial charge in [-0.15, -0.1) is 0 Å². The lowest BCUT2D eigenvalue weighted by molar-refractivity contribution is -0.151. The Morgan fingerprint density at radius 3 is 2.16 bits per heavy atom. The second-order valence-electron chi connectivity index (χ2n) is 9.14. The molecule has 0 spiro atoms. The number of carbonyl (C=O) groups is 4. The van der Waals surface area contributed by atoms with Gasteiger partial charge in [-0.2, -0.15) is 0 Å². The molecule has 0 aromatic heterocycles. The molecule has 4 rings (SSSR count). The second kappa shape index (κ2) is 12.0. The Morgan fingerprint density at radius 2 is 1.55 bits per heavy atom. The maximum absolute atomic E-state index is 13.3. The minimum Gasteiger partial charge on any atom is -0.455 e. The summed E-state index contributed by atoms with van der Waals surface area (Å²) >= 11 is 3.45. The SMILES string of the molecule is Cc1c(Br)ccc(NC(=O)COC(=O)[C@@H]2CC(=O)N(NC(=O)C(c3ccccc3)c3ccccc3)C2)c1C. The van der Waals surface area contributed by atoms with E-state index in [2.05, 4.69) is 26.7 Å². The molecule has 9 heteroatoms. The maximum atomic E-state index is 13.3. The third-order valence-electron chi connectivity index (χ3n) is 6.57. The largest absolute Gasteiger partial charge is 0.455 e. The molecule has 0 aliphatic carbocycles. The van der Waals surface area contributed by atoms with E-state index in [4.69, 9.17) is 4.74 Å². The first-order chi connectivity index (χ1) is 18.2. The first kappa shape index (κ1) is 27.1. The van der Waals surface area contributed by atoms with Crippen LogP contribution in [0.2, 0.25) is 0 Å². The highest BCUT2D eigenvalue weighted by molar-refractivity contribution is 9.10. The molecule has 1 saturated heterocycles. The van der Waals surface area contributed by atoms with Crippen LogP contribution in [-0.2, 0) is 23.9 Å². The van der Waals surface area contributed by atoms with Crippen LogP contribution in [0.3, 0.4) is 0 Å². The number of hydrogen-bond acceptors (Lipinski definition) is 5. The zero-order valence-electron chi connectivity index (χ0n) is 21.1. The second-order valence-corrected chi connectivity index (χ2v) is 9.99. The van der Waals surface area contributed by atoms with Crippen molar-refractivity contribution in [2.45, 2.75) is 26.2 Å². The molecule has 1 aliphatic heterocycles. The van der Waals surface area contributed by atoms with Crippen molar-refractivity contribution in [3.8, 4) is 0 Å². The normalized spacial score (nSPS) is 14.9.